The number of unbranched alkanes of at least 4 members (excludes halogenated alkanes) is 8. The van der Waals surface area contributed by atoms with E-state index in [1.807, 2.05) is 0 Å². The van der Waals surface area contributed by atoms with Crippen LogP contribution in [0.25, 0.3) is 0 Å². The second-order valence-corrected chi connectivity index (χ2v) is 5.68. The topological polar surface area (TPSA) is 21.6 Å². The van der Waals surface area contributed by atoms with Crippen molar-refractivity contribution in [2.24, 2.45) is 4.99 Å². The van der Waals surface area contributed by atoms with Crippen molar-refractivity contribution < 1.29 is 4.74 Å². The molecule has 0 aromatic carbocycles. The van der Waals surface area contributed by atoms with E-state index in [2.05, 4.69) is 32.0 Å². The highest BCUT2D eigenvalue weighted by atomic mass is 16.5. The van der Waals surface area contributed by atoms with Gasteiger partial charge in [-0.15, -0.1) is 0 Å². The van der Waals surface area contributed by atoms with Crippen LogP contribution in [0.4, 0.5) is 0 Å². The fourth-order valence-electron chi connectivity index (χ4n) is 2.21. The van der Waals surface area contributed by atoms with Crippen molar-refractivity contribution in [2.45, 2.75) is 84.5 Å². The van der Waals surface area contributed by atoms with Crippen LogP contribution in [0.15, 0.2) is 29.5 Å². The largest absolute Gasteiger partial charge is 0.444 e. The number of nitrogens with zero attached hydrogens (tertiary/aromatic N) is 1. The maximum atomic E-state index is 5.68. The average molecular weight is 293 g/mol. The molecule has 0 atom stereocenters. The smallest absolute Gasteiger partial charge is 0.189 e. The highest BCUT2D eigenvalue weighted by molar-refractivity contribution is 5.77. The molecule has 0 saturated heterocycles. The Hall–Kier alpha value is -1.05. The van der Waals surface area contributed by atoms with E-state index >= 15 is 0 Å². The molecular weight excluding hydrogens is 258 g/mol. The van der Waals surface area contributed by atoms with E-state index in [9.17, 15) is 0 Å². The summed E-state index contributed by atoms with van der Waals surface area (Å²) in [6, 6.07) is 0. The zero-order valence-electron chi connectivity index (χ0n) is 14.5. The summed E-state index contributed by atoms with van der Waals surface area (Å²) in [5, 5.41) is 0. The first-order chi connectivity index (χ1) is 10.2. The van der Waals surface area contributed by atoms with Crippen molar-refractivity contribution in [3.63, 3.8) is 0 Å². The lowest BCUT2D eigenvalue weighted by atomic mass is 10.1. The van der Waals surface area contributed by atoms with E-state index in [4.69, 9.17) is 4.74 Å². The predicted octanol–water partition coefficient (Wildman–Crippen LogP) is 6.43. The van der Waals surface area contributed by atoms with Gasteiger partial charge < -0.3 is 4.74 Å². The van der Waals surface area contributed by atoms with Crippen LogP contribution in [0.5, 0.6) is 0 Å². The van der Waals surface area contributed by atoms with Gasteiger partial charge in [-0.3, -0.25) is 4.99 Å². The van der Waals surface area contributed by atoms with Gasteiger partial charge in [0.25, 0.3) is 0 Å². The van der Waals surface area contributed by atoms with Crippen molar-refractivity contribution in [3.05, 3.63) is 24.5 Å². The summed E-state index contributed by atoms with van der Waals surface area (Å²) < 4.78 is 5.68. The quantitative estimate of drug-likeness (QED) is 0.126. The molecule has 0 amide bonds. The van der Waals surface area contributed by atoms with Gasteiger partial charge >= 0.3 is 0 Å². The molecule has 0 unspecified atom stereocenters. The molecule has 0 aromatic heterocycles. The van der Waals surface area contributed by atoms with Crippen LogP contribution < -0.4 is 0 Å². The number of hydrogen-bond donors (Lipinski definition) is 0. The maximum absolute atomic E-state index is 5.68. The molecule has 0 heterocycles. The average Bonchev–Trinajstić information content (AvgIpc) is 2.50. The Morgan fingerprint density at radius 3 is 1.86 bits per heavy atom. The van der Waals surface area contributed by atoms with Crippen LogP contribution in [0.1, 0.15) is 84.5 Å². The van der Waals surface area contributed by atoms with Gasteiger partial charge in [-0.25, -0.2) is 0 Å². The van der Waals surface area contributed by atoms with Gasteiger partial charge in [0, 0.05) is 13.5 Å². The molecule has 122 valence electrons. The minimum atomic E-state index is 0.661. The molecule has 0 bridgehead atoms. The molecule has 0 aliphatic rings. The van der Waals surface area contributed by atoms with Crippen LogP contribution in [0, 0.1) is 0 Å². The minimum Gasteiger partial charge on any atom is -0.444 e. The Labute approximate surface area is 132 Å². The number of aliphatic imine (C=N–C) groups is 1. The first-order valence-electron chi connectivity index (χ1n) is 8.66. The standard InChI is InChI=1S/C19H35NO/c1-6-8-9-10-11-12-13-14-15-16-19(20-5)21-18(4)17(3)7-2/h3-4,6-16H2,1-2,5H3. The highest BCUT2D eigenvalue weighted by Gasteiger charge is 2.05. The molecule has 2 heteroatoms. The Morgan fingerprint density at radius 1 is 0.857 bits per heavy atom. The number of rotatable bonds is 13. The van der Waals surface area contributed by atoms with Crippen molar-refractivity contribution >= 4 is 5.90 Å². The number of allylic oxidation sites excluding steroid dienone is 1. The molecule has 0 rings (SSSR count). The van der Waals surface area contributed by atoms with E-state index < -0.39 is 0 Å². The third kappa shape index (κ3) is 11.3. The third-order valence-electron chi connectivity index (χ3n) is 3.81. The van der Waals surface area contributed by atoms with Gasteiger partial charge in [-0.05, 0) is 18.4 Å². The molecular formula is C19H35NO. The molecule has 0 aromatic rings. The van der Waals surface area contributed by atoms with E-state index in [1.165, 1.54) is 51.4 Å². The highest BCUT2D eigenvalue weighted by Crippen LogP contribution is 2.14. The summed E-state index contributed by atoms with van der Waals surface area (Å²) in [5.74, 6) is 1.45. The Bertz CT molecular complexity index is 318. The van der Waals surface area contributed by atoms with Gasteiger partial charge in [0.05, 0.1) is 0 Å². The summed E-state index contributed by atoms with van der Waals surface area (Å²) in [6.45, 7) is 12.2. The fraction of sp³-hybridized carbons (Fsp3) is 0.737. The maximum Gasteiger partial charge on any atom is 0.189 e. The zero-order valence-corrected chi connectivity index (χ0v) is 14.5. The van der Waals surface area contributed by atoms with E-state index in [0.717, 1.165) is 30.7 Å². The van der Waals surface area contributed by atoms with E-state index in [1.54, 1.807) is 7.05 Å². The van der Waals surface area contributed by atoms with Crippen molar-refractivity contribution in [1.82, 2.24) is 0 Å². The lowest BCUT2D eigenvalue weighted by molar-refractivity contribution is 0.407. The molecule has 0 N–H and O–H groups in total. The second-order valence-electron chi connectivity index (χ2n) is 5.68. The lowest BCUT2D eigenvalue weighted by Gasteiger charge is -2.11. The monoisotopic (exact) mass is 293 g/mol. The van der Waals surface area contributed by atoms with Crippen molar-refractivity contribution in [1.29, 1.82) is 0 Å². The molecule has 0 fully saturated rings. The Morgan fingerprint density at radius 2 is 1.38 bits per heavy atom. The predicted molar refractivity (Wildman–Crippen MR) is 94.9 cm³/mol. The lowest BCUT2D eigenvalue weighted by Crippen LogP contribution is -2.05. The minimum absolute atomic E-state index is 0.661. The molecule has 0 aliphatic heterocycles. The van der Waals surface area contributed by atoms with E-state index in [0.29, 0.717) is 5.76 Å². The van der Waals surface area contributed by atoms with Gasteiger partial charge in [-0.1, -0.05) is 78.4 Å². The first kappa shape index (κ1) is 19.9. The summed E-state index contributed by atoms with van der Waals surface area (Å²) in [7, 11) is 1.78. The van der Waals surface area contributed by atoms with Gasteiger partial charge in [0.2, 0.25) is 0 Å². The van der Waals surface area contributed by atoms with E-state index in [-0.39, 0.29) is 0 Å². The summed E-state index contributed by atoms with van der Waals surface area (Å²) >= 11 is 0. The molecule has 0 radical (unpaired) electrons. The van der Waals surface area contributed by atoms with Crippen LogP contribution in [0.2, 0.25) is 0 Å². The van der Waals surface area contributed by atoms with Crippen LogP contribution in [-0.2, 0) is 4.74 Å². The molecule has 2 nitrogen and oxygen atoms in total. The first-order valence-corrected chi connectivity index (χ1v) is 8.66. The second kappa shape index (κ2) is 13.9. The normalized spacial score (nSPS) is 11.5. The fourth-order valence-corrected chi connectivity index (χ4v) is 2.21. The van der Waals surface area contributed by atoms with Gasteiger partial charge in [0.15, 0.2) is 5.90 Å². The van der Waals surface area contributed by atoms with Gasteiger partial charge in [0.1, 0.15) is 5.76 Å². The molecule has 21 heavy (non-hydrogen) atoms. The number of hydrogen-bond acceptors (Lipinski definition) is 2. The van der Waals surface area contributed by atoms with Crippen molar-refractivity contribution in [2.75, 3.05) is 7.05 Å². The van der Waals surface area contributed by atoms with Crippen molar-refractivity contribution in [3.8, 4) is 0 Å². The van der Waals surface area contributed by atoms with Crippen LogP contribution >= 0.6 is 0 Å². The summed E-state index contributed by atoms with van der Waals surface area (Å²) in [5.41, 5.74) is 0.947. The third-order valence-corrected chi connectivity index (χ3v) is 3.81. The summed E-state index contributed by atoms with van der Waals surface area (Å²) in [6.07, 6.45) is 13.8. The molecule has 0 saturated carbocycles. The molecule has 0 aliphatic carbocycles. The summed E-state index contributed by atoms with van der Waals surface area (Å²) in [4.78, 5) is 4.20. The van der Waals surface area contributed by atoms with Crippen LogP contribution in [-0.4, -0.2) is 12.9 Å². The Kier molecular flexibility index (Phi) is 13.2. The molecule has 0 spiro atoms. The number of ether oxygens (including phenoxy) is 1. The zero-order chi connectivity index (χ0) is 15.9. The Balaban J connectivity index is 3.61. The SMILES string of the molecule is C=C(CC)C(=C)OC(CCCCCCCCCCC)=NC. The van der Waals surface area contributed by atoms with Gasteiger partial charge in [-0.2, -0.15) is 0 Å². The van der Waals surface area contributed by atoms with Crippen LogP contribution in [0.3, 0.4) is 0 Å².